The second kappa shape index (κ2) is 9.96. The van der Waals surface area contributed by atoms with Crippen molar-refractivity contribution in [1.82, 2.24) is 14.5 Å². The molecule has 2 aromatic heterocycles. The number of fused-ring (bicyclic) bond motifs is 14. The van der Waals surface area contributed by atoms with Gasteiger partial charge in [-0.15, -0.1) is 0 Å². The van der Waals surface area contributed by atoms with E-state index in [2.05, 4.69) is 168 Å². The van der Waals surface area contributed by atoms with Crippen molar-refractivity contribution in [3.8, 4) is 17.2 Å². The van der Waals surface area contributed by atoms with Gasteiger partial charge in [0.2, 0.25) is 5.95 Å². The van der Waals surface area contributed by atoms with Crippen LogP contribution in [0.2, 0.25) is 0 Å². The van der Waals surface area contributed by atoms with Crippen molar-refractivity contribution in [2.24, 2.45) is 0 Å². The standard InChI is InChI=1S/C46H27N3/c1-2-13-29(14-3-1)44-38-23-22-28-12-6-7-17-32(28)45(38)48-46(47-44)49-40-25-24-37-35-20-9-8-18-33(35)34-19-10-11-21-36(34)42(37)43(40)39-26-30-15-4-5-16-31(30)27-41(39)49/h1-27H. The fourth-order valence-corrected chi connectivity index (χ4v) is 8.17. The Morgan fingerprint density at radius 3 is 1.67 bits per heavy atom. The highest BCUT2D eigenvalue weighted by Crippen LogP contribution is 2.44. The Kier molecular flexibility index (Phi) is 5.38. The predicted molar refractivity (Wildman–Crippen MR) is 207 cm³/mol. The number of rotatable bonds is 2. The van der Waals surface area contributed by atoms with Crippen LogP contribution in [-0.4, -0.2) is 14.5 Å². The van der Waals surface area contributed by atoms with Crippen LogP contribution in [-0.2, 0) is 0 Å². The van der Waals surface area contributed by atoms with Crippen LogP contribution in [0.25, 0.3) is 104 Å². The summed E-state index contributed by atoms with van der Waals surface area (Å²) in [5, 5.41) is 15.7. The SMILES string of the molecule is c1ccc(-c2nc(-n3c4cc5ccccc5cc4c4c5c6ccccc6c6ccccc6c5ccc43)nc3c2ccc2ccccc23)cc1. The molecular formula is C46H27N3. The maximum atomic E-state index is 5.46. The van der Waals surface area contributed by atoms with E-state index < -0.39 is 0 Å². The lowest BCUT2D eigenvalue weighted by Gasteiger charge is -2.14. The van der Waals surface area contributed by atoms with Crippen LogP contribution in [0.1, 0.15) is 0 Å². The molecule has 0 atom stereocenters. The normalized spacial score (nSPS) is 12.1. The van der Waals surface area contributed by atoms with Gasteiger partial charge >= 0.3 is 0 Å². The molecule has 0 spiro atoms. The van der Waals surface area contributed by atoms with Crippen LogP contribution in [0.15, 0.2) is 164 Å². The van der Waals surface area contributed by atoms with E-state index in [4.69, 9.17) is 9.97 Å². The van der Waals surface area contributed by atoms with Crippen molar-refractivity contribution in [2.45, 2.75) is 0 Å². The van der Waals surface area contributed by atoms with E-state index in [1.54, 1.807) is 0 Å². The van der Waals surface area contributed by atoms with Crippen molar-refractivity contribution in [2.75, 3.05) is 0 Å². The summed E-state index contributed by atoms with van der Waals surface area (Å²) >= 11 is 0. The minimum atomic E-state index is 0.669. The monoisotopic (exact) mass is 621 g/mol. The molecule has 0 bridgehead atoms. The topological polar surface area (TPSA) is 30.7 Å². The summed E-state index contributed by atoms with van der Waals surface area (Å²) in [5.74, 6) is 0.669. The summed E-state index contributed by atoms with van der Waals surface area (Å²) in [6.07, 6.45) is 0. The van der Waals surface area contributed by atoms with Crippen molar-refractivity contribution < 1.29 is 0 Å². The zero-order valence-electron chi connectivity index (χ0n) is 26.4. The summed E-state index contributed by atoms with van der Waals surface area (Å²) < 4.78 is 2.30. The van der Waals surface area contributed by atoms with Crippen LogP contribution in [0.4, 0.5) is 0 Å². The average Bonchev–Trinajstić information content (AvgIpc) is 3.50. The van der Waals surface area contributed by atoms with Crippen LogP contribution in [0.5, 0.6) is 0 Å². The van der Waals surface area contributed by atoms with Crippen LogP contribution >= 0.6 is 0 Å². The maximum absolute atomic E-state index is 5.46. The molecule has 0 unspecified atom stereocenters. The zero-order valence-corrected chi connectivity index (χ0v) is 26.4. The van der Waals surface area contributed by atoms with Gasteiger partial charge in [0.1, 0.15) is 0 Å². The van der Waals surface area contributed by atoms with Gasteiger partial charge in [0.15, 0.2) is 0 Å². The van der Waals surface area contributed by atoms with Crippen LogP contribution in [0, 0.1) is 0 Å². The molecule has 0 saturated carbocycles. The fraction of sp³-hybridized carbons (Fsp3) is 0. The first-order valence-corrected chi connectivity index (χ1v) is 16.8. The lowest BCUT2D eigenvalue weighted by Crippen LogP contribution is -2.04. The number of hydrogen-bond acceptors (Lipinski definition) is 2. The average molecular weight is 622 g/mol. The molecule has 11 aromatic rings. The van der Waals surface area contributed by atoms with Gasteiger partial charge in [-0.3, -0.25) is 4.57 Å². The van der Waals surface area contributed by atoms with Gasteiger partial charge in [0, 0.05) is 32.5 Å². The van der Waals surface area contributed by atoms with E-state index in [1.165, 1.54) is 53.9 Å². The Balaban J connectivity index is 1.38. The lowest BCUT2D eigenvalue weighted by atomic mass is 9.91. The first-order chi connectivity index (χ1) is 24.3. The summed E-state index contributed by atoms with van der Waals surface area (Å²) in [4.78, 5) is 10.9. The Bertz CT molecular complexity index is 3120. The van der Waals surface area contributed by atoms with Crippen molar-refractivity contribution in [3.05, 3.63) is 164 Å². The summed E-state index contributed by atoms with van der Waals surface area (Å²) in [6, 6.07) is 58.9. The molecule has 0 saturated heterocycles. The number of nitrogens with zero attached hydrogens (tertiary/aromatic N) is 3. The molecule has 0 radical (unpaired) electrons. The summed E-state index contributed by atoms with van der Waals surface area (Å²) in [5.41, 5.74) is 5.14. The third-order valence-electron chi connectivity index (χ3n) is 10.3. The summed E-state index contributed by atoms with van der Waals surface area (Å²) in [7, 11) is 0. The third-order valence-corrected chi connectivity index (χ3v) is 10.3. The van der Waals surface area contributed by atoms with Gasteiger partial charge in [-0.2, -0.15) is 0 Å². The first-order valence-electron chi connectivity index (χ1n) is 16.8. The molecule has 49 heavy (non-hydrogen) atoms. The molecule has 0 aliphatic carbocycles. The molecule has 11 rings (SSSR count). The highest BCUT2D eigenvalue weighted by molar-refractivity contribution is 6.35. The molecule has 0 N–H and O–H groups in total. The number of benzene rings is 9. The quantitative estimate of drug-likeness (QED) is 0.180. The molecule has 3 nitrogen and oxygen atoms in total. The molecule has 0 aliphatic heterocycles. The molecule has 3 heteroatoms. The van der Waals surface area contributed by atoms with E-state index in [1.807, 2.05) is 0 Å². The molecule has 0 aliphatic rings. The molecule has 0 fully saturated rings. The van der Waals surface area contributed by atoms with E-state index >= 15 is 0 Å². The number of hydrogen-bond donors (Lipinski definition) is 0. The largest absolute Gasteiger partial charge is 0.278 e. The van der Waals surface area contributed by atoms with Crippen LogP contribution < -0.4 is 0 Å². The predicted octanol–water partition coefficient (Wildman–Crippen LogP) is 12.2. The van der Waals surface area contributed by atoms with Gasteiger partial charge in [0.25, 0.3) is 0 Å². The molecular weight excluding hydrogens is 595 g/mol. The highest BCUT2D eigenvalue weighted by Gasteiger charge is 2.22. The van der Waals surface area contributed by atoms with E-state index in [0.29, 0.717) is 5.95 Å². The van der Waals surface area contributed by atoms with Crippen molar-refractivity contribution >= 4 is 86.6 Å². The Labute approximate surface area is 281 Å². The molecule has 2 heterocycles. The van der Waals surface area contributed by atoms with Crippen molar-refractivity contribution in [3.63, 3.8) is 0 Å². The second-order valence-corrected chi connectivity index (χ2v) is 12.9. The first kappa shape index (κ1) is 26.5. The Hall–Kier alpha value is -6.58. The van der Waals surface area contributed by atoms with E-state index in [0.717, 1.165) is 44.0 Å². The van der Waals surface area contributed by atoms with Gasteiger partial charge in [0.05, 0.1) is 22.2 Å². The third kappa shape index (κ3) is 3.73. The maximum Gasteiger partial charge on any atom is 0.235 e. The smallest absolute Gasteiger partial charge is 0.235 e. The second-order valence-electron chi connectivity index (χ2n) is 12.9. The van der Waals surface area contributed by atoms with E-state index in [-0.39, 0.29) is 0 Å². The lowest BCUT2D eigenvalue weighted by molar-refractivity contribution is 1.02. The highest BCUT2D eigenvalue weighted by atomic mass is 15.2. The van der Waals surface area contributed by atoms with Gasteiger partial charge in [-0.25, -0.2) is 9.97 Å². The minimum Gasteiger partial charge on any atom is -0.278 e. The van der Waals surface area contributed by atoms with Gasteiger partial charge < -0.3 is 0 Å². The summed E-state index contributed by atoms with van der Waals surface area (Å²) in [6.45, 7) is 0. The van der Waals surface area contributed by atoms with Crippen LogP contribution in [0.3, 0.4) is 0 Å². The van der Waals surface area contributed by atoms with Gasteiger partial charge in [-0.1, -0.05) is 140 Å². The Morgan fingerprint density at radius 1 is 0.347 bits per heavy atom. The van der Waals surface area contributed by atoms with Crippen molar-refractivity contribution in [1.29, 1.82) is 0 Å². The Morgan fingerprint density at radius 2 is 0.918 bits per heavy atom. The van der Waals surface area contributed by atoms with Gasteiger partial charge in [-0.05, 0) is 67.4 Å². The number of aromatic nitrogens is 3. The molecule has 9 aromatic carbocycles. The fourth-order valence-electron chi connectivity index (χ4n) is 8.17. The minimum absolute atomic E-state index is 0.669. The zero-order chi connectivity index (χ0) is 32.1. The van der Waals surface area contributed by atoms with E-state index in [9.17, 15) is 0 Å². The molecule has 0 amide bonds. The molecule has 226 valence electrons.